The molecule has 0 bridgehead atoms. The monoisotopic (exact) mass is 399 g/mol. The fourth-order valence-corrected chi connectivity index (χ4v) is 3.39. The summed E-state index contributed by atoms with van der Waals surface area (Å²) in [7, 11) is 0. The number of nitro benzene ring substituents is 1. The Kier molecular flexibility index (Phi) is 7.65. The molecule has 0 unspecified atom stereocenters. The zero-order valence-corrected chi connectivity index (χ0v) is 15.1. The summed E-state index contributed by atoms with van der Waals surface area (Å²) in [6.45, 7) is 0.990. The minimum Gasteiger partial charge on any atom is -0.462 e. The van der Waals surface area contributed by atoms with Gasteiger partial charge in [-0.3, -0.25) is 10.1 Å². The van der Waals surface area contributed by atoms with Gasteiger partial charge in [0.25, 0.3) is 5.69 Å². The minimum atomic E-state index is -0.501. The average Bonchev–Trinajstić information content (AvgIpc) is 2.59. The van der Waals surface area contributed by atoms with Gasteiger partial charge in [-0.15, -0.1) is 0 Å². The lowest BCUT2D eigenvalue weighted by atomic mass is 9.97. The van der Waals surface area contributed by atoms with Gasteiger partial charge in [-0.25, -0.2) is 4.79 Å². The number of alkyl halides is 1. The zero-order valence-electron chi connectivity index (χ0n) is 13.5. The third kappa shape index (κ3) is 5.87. The highest BCUT2D eigenvalue weighted by Gasteiger charge is 2.22. The number of nitro groups is 1. The molecule has 0 radical (unpaired) electrons. The second-order valence-electron chi connectivity index (χ2n) is 5.86. The quantitative estimate of drug-likeness (QED) is 0.214. The van der Waals surface area contributed by atoms with Gasteiger partial charge in [0, 0.05) is 23.6 Å². The lowest BCUT2D eigenvalue weighted by Crippen LogP contribution is -2.28. The van der Waals surface area contributed by atoms with Crippen LogP contribution in [0.25, 0.3) is 0 Å². The van der Waals surface area contributed by atoms with E-state index < -0.39 is 10.9 Å². The number of carbonyl (C=O) groups excluding carboxylic acids is 1. The molecule has 0 saturated heterocycles. The topological polar surface area (TPSA) is 78.7 Å². The molecule has 2 atom stereocenters. The number of hydrogen-bond acceptors (Lipinski definition) is 5. The van der Waals surface area contributed by atoms with Gasteiger partial charge in [-0.1, -0.05) is 28.8 Å². The van der Waals surface area contributed by atoms with Crippen LogP contribution in [0.3, 0.4) is 0 Å². The van der Waals surface area contributed by atoms with Gasteiger partial charge in [0.1, 0.15) is 0 Å². The fraction of sp³-hybridized carbons (Fsp3) is 0.588. The molecule has 0 amide bonds. The molecule has 1 saturated carbocycles. The molecule has 1 fully saturated rings. The Balaban J connectivity index is 1.60. The molecule has 0 heterocycles. The van der Waals surface area contributed by atoms with Crippen molar-refractivity contribution in [1.82, 2.24) is 0 Å². The van der Waals surface area contributed by atoms with Crippen LogP contribution in [-0.2, 0) is 9.47 Å². The molecule has 7 heteroatoms. The van der Waals surface area contributed by atoms with Crippen molar-refractivity contribution in [2.75, 3.05) is 13.2 Å². The van der Waals surface area contributed by atoms with E-state index in [1.807, 2.05) is 0 Å². The first kappa shape index (κ1) is 18.9. The predicted molar refractivity (Wildman–Crippen MR) is 93.5 cm³/mol. The van der Waals surface area contributed by atoms with Crippen LogP contribution in [0.5, 0.6) is 0 Å². The van der Waals surface area contributed by atoms with Crippen molar-refractivity contribution in [2.24, 2.45) is 0 Å². The molecule has 24 heavy (non-hydrogen) atoms. The Morgan fingerprint density at radius 1 is 1.17 bits per heavy atom. The van der Waals surface area contributed by atoms with E-state index >= 15 is 0 Å². The maximum atomic E-state index is 11.8. The molecular formula is C17H22BrNO5. The number of benzene rings is 1. The van der Waals surface area contributed by atoms with Gasteiger partial charge in [0.05, 0.1) is 23.2 Å². The number of unbranched alkanes of at least 4 members (excludes halogenated alkanes) is 1. The van der Waals surface area contributed by atoms with E-state index in [4.69, 9.17) is 9.47 Å². The van der Waals surface area contributed by atoms with E-state index in [0.29, 0.717) is 29.7 Å². The van der Waals surface area contributed by atoms with Crippen molar-refractivity contribution in [1.29, 1.82) is 0 Å². The number of carbonyl (C=O) groups is 1. The summed E-state index contributed by atoms with van der Waals surface area (Å²) in [4.78, 5) is 22.3. The SMILES string of the molecule is O=C(OCCCCO[C@@H]1CCCC[C@H]1Br)c1ccc([N+](=O)[O-])cc1. The van der Waals surface area contributed by atoms with Crippen molar-refractivity contribution < 1.29 is 19.2 Å². The number of halogens is 1. The number of non-ortho nitro benzene ring substituents is 1. The van der Waals surface area contributed by atoms with Gasteiger partial charge in [0.15, 0.2) is 0 Å². The molecule has 2 rings (SSSR count). The van der Waals surface area contributed by atoms with Gasteiger partial charge in [-0.2, -0.15) is 0 Å². The van der Waals surface area contributed by atoms with Gasteiger partial charge < -0.3 is 9.47 Å². The maximum absolute atomic E-state index is 11.8. The number of hydrogen-bond donors (Lipinski definition) is 0. The van der Waals surface area contributed by atoms with Crippen LogP contribution in [0.2, 0.25) is 0 Å². The summed E-state index contributed by atoms with van der Waals surface area (Å²) in [5.74, 6) is -0.460. The molecule has 0 N–H and O–H groups in total. The summed E-state index contributed by atoms with van der Waals surface area (Å²) < 4.78 is 11.0. The molecular weight excluding hydrogens is 378 g/mol. The Labute approximate surface area is 149 Å². The van der Waals surface area contributed by atoms with Crippen LogP contribution in [0, 0.1) is 10.1 Å². The van der Waals surface area contributed by atoms with E-state index in [9.17, 15) is 14.9 Å². The molecule has 1 aromatic carbocycles. The van der Waals surface area contributed by atoms with E-state index in [2.05, 4.69) is 15.9 Å². The summed E-state index contributed by atoms with van der Waals surface area (Å²) in [6.07, 6.45) is 6.61. The highest BCUT2D eigenvalue weighted by Crippen LogP contribution is 2.26. The Morgan fingerprint density at radius 3 is 2.50 bits per heavy atom. The van der Waals surface area contributed by atoms with Crippen molar-refractivity contribution in [3.05, 3.63) is 39.9 Å². The van der Waals surface area contributed by atoms with Gasteiger partial charge >= 0.3 is 5.97 Å². The summed E-state index contributed by atoms with van der Waals surface area (Å²) in [6, 6.07) is 5.40. The second kappa shape index (κ2) is 9.74. The fourth-order valence-electron chi connectivity index (χ4n) is 2.65. The molecule has 1 aromatic rings. The summed E-state index contributed by atoms with van der Waals surface area (Å²) in [5.41, 5.74) is 0.276. The molecule has 6 nitrogen and oxygen atoms in total. The minimum absolute atomic E-state index is 0.0449. The summed E-state index contributed by atoms with van der Waals surface area (Å²) >= 11 is 3.66. The van der Waals surface area contributed by atoms with Crippen LogP contribution >= 0.6 is 15.9 Å². The van der Waals surface area contributed by atoms with Crippen LogP contribution in [0.1, 0.15) is 48.9 Å². The average molecular weight is 400 g/mol. The molecule has 1 aliphatic carbocycles. The number of esters is 1. The normalized spacial score (nSPS) is 20.5. The highest BCUT2D eigenvalue weighted by atomic mass is 79.9. The Morgan fingerprint density at radius 2 is 1.83 bits per heavy atom. The standard InChI is InChI=1S/C17H22BrNO5/c18-15-5-1-2-6-16(15)23-11-3-4-12-24-17(20)13-7-9-14(10-8-13)19(21)22/h7-10,15-16H,1-6,11-12H2/t15-,16-/m1/s1. The predicted octanol–water partition coefficient (Wildman–Crippen LogP) is 4.25. The first-order valence-electron chi connectivity index (χ1n) is 8.25. The van der Waals surface area contributed by atoms with Crippen LogP contribution in [0.4, 0.5) is 5.69 Å². The van der Waals surface area contributed by atoms with Crippen molar-refractivity contribution in [3.8, 4) is 0 Å². The smallest absolute Gasteiger partial charge is 0.338 e. The van der Waals surface area contributed by atoms with E-state index in [0.717, 1.165) is 25.7 Å². The van der Waals surface area contributed by atoms with Gasteiger partial charge in [-0.05, 0) is 37.8 Å². The lowest BCUT2D eigenvalue weighted by Gasteiger charge is -2.27. The number of rotatable bonds is 8. The molecule has 132 valence electrons. The first-order chi connectivity index (χ1) is 11.6. The highest BCUT2D eigenvalue weighted by molar-refractivity contribution is 9.09. The van der Waals surface area contributed by atoms with Crippen LogP contribution < -0.4 is 0 Å². The Bertz CT molecular complexity index is 548. The molecule has 0 spiro atoms. The Hall–Kier alpha value is -1.47. The van der Waals surface area contributed by atoms with Crippen molar-refractivity contribution in [3.63, 3.8) is 0 Å². The zero-order chi connectivity index (χ0) is 17.4. The van der Waals surface area contributed by atoms with E-state index in [1.165, 1.54) is 37.1 Å². The largest absolute Gasteiger partial charge is 0.462 e. The van der Waals surface area contributed by atoms with Crippen LogP contribution in [0.15, 0.2) is 24.3 Å². The lowest BCUT2D eigenvalue weighted by molar-refractivity contribution is -0.384. The van der Waals surface area contributed by atoms with Gasteiger partial charge in [0.2, 0.25) is 0 Å². The first-order valence-corrected chi connectivity index (χ1v) is 9.17. The van der Waals surface area contributed by atoms with Crippen molar-refractivity contribution in [2.45, 2.75) is 49.5 Å². The second-order valence-corrected chi connectivity index (χ2v) is 7.03. The molecule has 1 aliphatic rings. The maximum Gasteiger partial charge on any atom is 0.338 e. The molecule has 0 aliphatic heterocycles. The van der Waals surface area contributed by atoms with E-state index in [-0.39, 0.29) is 5.69 Å². The number of ether oxygens (including phenoxy) is 2. The van der Waals surface area contributed by atoms with E-state index in [1.54, 1.807) is 0 Å². The number of nitrogens with zero attached hydrogens (tertiary/aromatic N) is 1. The van der Waals surface area contributed by atoms with Crippen LogP contribution in [-0.4, -0.2) is 35.0 Å². The third-order valence-electron chi connectivity index (χ3n) is 4.04. The third-order valence-corrected chi connectivity index (χ3v) is 5.09. The summed E-state index contributed by atoms with van der Waals surface area (Å²) in [5, 5.41) is 10.6. The van der Waals surface area contributed by atoms with Crippen molar-refractivity contribution >= 4 is 27.6 Å². The molecule has 0 aromatic heterocycles.